The maximum atomic E-state index is 12.6. The van der Waals surface area contributed by atoms with Crippen molar-refractivity contribution in [1.29, 1.82) is 0 Å². The molecule has 2 heterocycles. The second kappa shape index (κ2) is 8.19. The van der Waals surface area contributed by atoms with Crippen LogP contribution in [0.2, 0.25) is 0 Å². The zero-order valence-electron chi connectivity index (χ0n) is 15.6. The van der Waals surface area contributed by atoms with Gasteiger partial charge in [-0.25, -0.2) is 8.42 Å². The average Bonchev–Trinajstić information content (AvgIpc) is 2.69. The van der Waals surface area contributed by atoms with Gasteiger partial charge in [-0.05, 0) is 44.4 Å². The minimum atomic E-state index is -3.54. The van der Waals surface area contributed by atoms with Gasteiger partial charge in [-0.3, -0.25) is 9.78 Å². The van der Waals surface area contributed by atoms with Crippen LogP contribution in [0.4, 0.5) is 0 Å². The Bertz CT molecular complexity index is 874. The third-order valence-corrected chi connectivity index (χ3v) is 6.92. The lowest BCUT2D eigenvalue weighted by Gasteiger charge is -2.31. The largest absolute Gasteiger partial charge is 0.349 e. The van der Waals surface area contributed by atoms with Gasteiger partial charge in [-0.2, -0.15) is 4.31 Å². The van der Waals surface area contributed by atoms with Crippen molar-refractivity contribution in [3.63, 3.8) is 0 Å². The molecule has 1 atom stereocenters. The molecule has 1 aromatic heterocycles. The van der Waals surface area contributed by atoms with E-state index < -0.39 is 10.0 Å². The highest BCUT2D eigenvalue weighted by atomic mass is 32.2. The van der Waals surface area contributed by atoms with E-state index in [4.69, 9.17) is 0 Å². The predicted molar refractivity (Wildman–Crippen MR) is 103 cm³/mol. The molecule has 7 heteroatoms. The molecule has 1 amide bonds. The fourth-order valence-corrected chi connectivity index (χ4v) is 4.71. The van der Waals surface area contributed by atoms with E-state index in [1.807, 2.05) is 38.1 Å². The van der Waals surface area contributed by atoms with Crippen LogP contribution in [0.3, 0.4) is 0 Å². The molecular formula is C20H25N3O3S. The van der Waals surface area contributed by atoms with Gasteiger partial charge in [0.25, 0.3) is 0 Å². The van der Waals surface area contributed by atoms with Crippen LogP contribution in [0.5, 0.6) is 0 Å². The second-order valence-corrected chi connectivity index (χ2v) is 8.95. The molecule has 6 nitrogen and oxygen atoms in total. The Morgan fingerprint density at radius 2 is 1.85 bits per heavy atom. The Balaban J connectivity index is 1.57. The smallest absolute Gasteiger partial charge is 0.244 e. The van der Waals surface area contributed by atoms with E-state index in [0.29, 0.717) is 25.9 Å². The van der Waals surface area contributed by atoms with Crippen LogP contribution in [0, 0.1) is 12.8 Å². The first kappa shape index (κ1) is 19.5. The summed E-state index contributed by atoms with van der Waals surface area (Å²) in [6.07, 6.45) is 3.94. The molecule has 1 N–H and O–H groups in total. The molecule has 1 unspecified atom stereocenters. The third-order valence-electron chi connectivity index (χ3n) is 5.03. The first-order chi connectivity index (χ1) is 12.9. The molecule has 1 aliphatic rings. The number of nitrogens with one attached hydrogen (secondary N) is 1. The highest BCUT2D eigenvalue weighted by molar-refractivity contribution is 7.89. The Labute approximate surface area is 160 Å². The summed E-state index contributed by atoms with van der Waals surface area (Å²) < 4.78 is 26.7. The highest BCUT2D eigenvalue weighted by Crippen LogP contribution is 2.24. The average molecular weight is 388 g/mol. The fourth-order valence-electron chi connectivity index (χ4n) is 3.28. The first-order valence-electron chi connectivity index (χ1n) is 9.15. The van der Waals surface area contributed by atoms with Crippen molar-refractivity contribution in [2.45, 2.75) is 37.6 Å². The number of piperidine rings is 1. The van der Waals surface area contributed by atoms with E-state index in [-0.39, 0.29) is 22.8 Å². The van der Waals surface area contributed by atoms with E-state index in [2.05, 4.69) is 10.3 Å². The Morgan fingerprint density at radius 3 is 2.44 bits per heavy atom. The summed E-state index contributed by atoms with van der Waals surface area (Å²) in [6, 6.07) is 11.2. The quantitative estimate of drug-likeness (QED) is 0.855. The number of sulfonamides is 1. The Kier molecular flexibility index (Phi) is 5.92. The van der Waals surface area contributed by atoms with E-state index in [1.54, 1.807) is 18.3 Å². The molecule has 0 saturated carbocycles. The van der Waals surface area contributed by atoms with Crippen LogP contribution >= 0.6 is 0 Å². The minimum Gasteiger partial charge on any atom is -0.349 e. The topological polar surface area (TPSA) is 79.4 Å². The number of nitrogens with zero attached hydrogens (tertiary/aromatic N) is 2. The van der Waals surface area contributed by atoms with Gasteiger partial charge in [0.2, 0.25) is 15.9 Å². The van der Waals surface area contributed by atoms with Crippen molar-refractivity contribution in [3.8, 4) is 0 Å². The summed E-state index contributed by atoms with van der Waals surface area (Å²) in [7, 11) is -3.54. The molecule has 1 aromatic carbocycles. The SMILES string of the molecule is Cc1ccc(C(C)NC(=O)C2CCN(S(=O)(=O)c3cccnc3)CC2)cc1. The second-order valence-electron chi connectivity index (χ2n) is 7.01. The first-order valence-corrected chi connectivity index (χ1v) is 10.6. The zero-order chi connectivity index (χ0) is 19.4. The summed E-state index contributed by atoms with van der Waals surface area (Å²) in [5.41, 5.74) is 2.24. The van der Waals surface area contributed by atoms with Crippen molar-refractivity contribution < 1.29 is 13.2 Å². The van der Waals surface area contributed by atoms with Crippen LogP contribution in [0.15, 0.2) is 53.7 Å². The number of aromatic nitrogens is 1. The van der Waals surface area contributed by atoms with Crippen LogP contribution in [-0.4, -0.2) is 36.7 Å². The van der Waals surface area contributed by atoms with Crippen LogP contribution in [0.1, 0.15) is 36.9 Å². The molecule has 0 radical (unpaired) electrons. The van der Waals surface area contributed by atoms with E-state index in [0.717, 1.165) is 5.56 Å². The Hall–Kier alpha value is -2.25. The monoisotopic (exact) mass is 387 g/mol. The summed E-state index contributed by atoms with van der Waals surface area (Å²) in [5.74, 6) is -0.181. The lowest BCUT2D eigenvalue weighted by Crippen LogP contribution is -2.43. The minimum absolute atomic E-state index is 0.0125. The van der Waals surface area contributed by atoms with Crippen molar-refractivity contribution in [1.82, 2.24) is 14.6 Å². The molecule has 27 heavy (non-hydrogen) atoms. The molecule has 1 aliphatic heterocycles. The van der Waals surface area contributed by atoms with Gasteiger partial charge in [0.15, 0.2) is 0 Å². The number of rotatable bonds is 5. The Morgan fingerprint density at radius 1 is 1.19 bits per heavy atom. The lowest BCUT2D eigenvalue weighted by molar-refractivity contribution is -0.126. The molecule has 0 bridgehead atoms. The predicted octanol–water partition coefficient (Wildman–Crippen LogP) is 2.67. The molecule has 0 spiro atoms. The van der Waals surface area contributed by atoms with Gasteiger partial charge in [-0.15, -0.1) is 0 Å². The number of hydrogen-bond acceptors (Lipinski definition) is 4. The summed E-state index contributed by atoms with van der Waals surface area (Å²) in [6.45, 7) is 4.67. The number of benzene rings is 1. The van der Waals surface area contributed by atoms with Gasteiger partial charge in [0.05, 0.1) is 6.04 Å². The van der Waals surface area contributed by atoms with Crippen LogP contribution in [-0.2, 0) is 14.8 Å². The molecule has 1 saturated heterocycles. The van der Waals surface area contributed by atoms with Gasteiger partial charge in [0, 0.05) is 31.4 Å². The molecule has 3 rings (SSSR count). The number of aryl methyl sites for hydroxylation is 1. The van der Waals surface area contributed by atoms with Gasteiger partial charge in [-0.1, -0.05) is 29.8 Å². The van der Waals surface area contributed by atoms with Crippen molar-refractivity contribution in [2.24, 2.45) is 5.92 Å². The standard InChI is InChI=1S/C20H25N3O3S/c1-15-5-7-17(8-6-15)16(2)22-20(24)18-9-12-23(13-10-18)27(25,26)19-4-3-11-21-14-19/h3-8,11,14,16,18H,9-10,12-13H2,1-2H3,(H,22,24). The molecule has 144 valence electrons. The third kappa shape index (κ3) is 4.54. The number of hydrogen-bond donors (Lipinski definition) is 1. The normalized spacial score (nSPS) is 17.4. The maximum Gasteiger partial charge on any atom is 0.244 e. The van der Waals surface area contributed by atoms with E-state index in [9.17, 15) is 13.2 Å². The number of carbonyl (C=O) groups is 1. The summed E-state index contributed by atoms with van der Waals surface area (Å²) >= 11 is 0. The lowest BCUT2D eigenvalue weighted by atomic mass is 9.96. The number of pyridine rings is 1. The number of amides is 1. The van der Waals surface area contributed by atoms with E-state index in [1.165, 1.54) is 16.1 Å². The summed E-state index contributed by atoms with van der Waals surface area (Å²) in [4.78, 5) is 16.7. The van der Waals surface area contributed by atoms with Gasteiger partial charge >= 0.3 is 0 Å². The van der Waals surface area contributed by atoms with Crippen molar-refractivity contribution in [2.75, 3.05) is 13.1 Å². The zero-order valence-corrected chi connectivity index (χ0v) is 16.4. The molecular weight excluding hydrogens is 362 g/mol. The fraction of sp³-hybridized carbons (Fsp3) is 0.400. The molecule has 2 aromatic rings. The highest BCUT2D eigenvalue weighted by Gasteiger charge is 2.32. The summed E-state index contributed by atoms with van der Waals surface area (Å²) in [5, 5.41) is 3.05. The van der Waals surface area contributed by atoms with Crippen molar-refractivity contribution >= 4 is 15.9 Å². The van der Waals surface area contributed by atoms with Crippen LogP contribution in [0.25, 0.3) is 0 Å². The molecule has 1 fully saturated rings. The molecule has 0 aliphatic carbocycles. The maximum absolute atomic E-state index is 12.6. The van der Waals surface area contributed by atoms with Crippen LogP contribution < -0.4 is 5.32 Å². The number of carbonyl (C=O) groups excluding carboxylic acids is 1. The van der Waals surface area contributed by atoms with E-state index >= 15 is 0 Å². The van der Waals surface area contributed by atoms with Gasteiger partial charge in [0.1, 0.15) is 4.90 Å². The van der Waals surface area contributed by atoms with Crippen molar-refractivity contribution in [3.05, 3.63) is 59.9 Å². The van der Waals surface area contributed by atoms with Gasteiger partial charge < -0.3 is 5.32 Å².